The Kier molecular flexibility index (Phi) is 20.3. The van der Waals surface area contributed by atoms with Crippen molar-refractivity contribution in [2.24, 2.45) is 11.5 Å². The molecule has 0 aliphatic heterocycles. The number of aliphatic carboxylic acids is 1. The van der Waals surface area contributed by atoms with Crippen LogP contribution < -0.4 is 38.1 Å². The molecule has 19 heteroatoms. The molecule has 7 amide bonds. The number of carbonyl (C=O) groups excluding carboxylic acids is 7. The number of carboxylic acid groups (broad SMARTS) is 1. The van der Waals surface area contributed by atoms with Crippen LogP contribution in [0.1, 0.15) is 75.5 Å². The highest BCUT2D eigenvalue weighted by Gasteiger charge is 2.36. The number of phenols is 1. The highest BCUT2D eigenvalue weighted by molar-refractivity contribution is 5.98. The highest BCUT2D eigenvalue weighted by Crippen LogP contribution is 2.21. The molecule has 4 rings (SSSR count). The van der Waals surface area contributed by atoms with Crippen LogP contribution in [0, 0.1) is 0 Å². The summed E-state index contributed by atoms with van der Waals surface area (Å²) in [5.41, 5.74) is 14.6. The van der Waals surface area contributed by atoms with Crippen LogP contribution in [0.3, 0.4) is 0 Å². The molecule has 0 unspecified atom stereocenters. The molecule has 0 bridgehead atoms. The number of hydrogen-bond donors (Lipinski definition) is 10. The van der Waals surface area contributed by atoms with E-state index in [4.69, 9.17) is 11.5 Å². The van der Waals surface area contributed by atoms with Crippen molar-refractivity contribution >= 4 is 58.2 Å². The van der Waals surface area contributed by atoms with Gasteiger partial charge in [-0.15, -0.1) is 0 Å². The van der Waals surface area contributed by atoms with Crippen LogP contribution in [0.15, 0.2) is 85.1 Å². The quantitative estimate of drug-likeness (QED) is 0.0408. The summed E-state index contributed by atoms with van der Waals surface area (Å²) in [6.07, 6.45) is 3.60. The van der Waals surface area contributed by atoms with Gasteiger partial charge in [0.15, 0.2) is 0 Å². The number of rotatable bonds is 27. The summed E-state index contributed by atoms with van der Waals surface area (Å²) in [6.45, 7) is 3.20. The number of aromatic nitrogens is 1. The molecule has 0 aliphatic rings. The van der Waals surface area contributed by atoms with Crippen LogP contribution in [0.4, 0.5) is 0 Å². The number of aromatic hydroxyl groups is 1. The summed E-state index contributed by atoms with van der Waals surface area (Å²) in [7, 11) is 1.36. The van der Waals surface area contributed by atoms with Gasteiger partial charge < -0.3 is 58.1 Å². The molecule has 12 N–H and O–H groups in total. The first-order valence-electron chi connectivity index (χ1n) is 22.4. The van der Waals surface area contributed by atoms with Gasteiger partial charge in [-0.1, -0.05) is 100 Å². The minimum Gasteiger partial charge on any atom is -0.508 e. The molecule has 67 heavy (non-hydrogen) atoms. The molecule has 4 aromatic rings. The van der Waals surface area contributed by atoms with Gasteiger partial charge in [0.2, 0.25) is 41.4 Å². The third kappa shape index (κ3) is 16.3. The van der Waals surface area contributed by atoms with Crippen LogP contribution in [0.5, 0.6) is 5.75 Å². The maximum absolute atomic E-state index is 14.6. The number of carbonyl (C=O) groups is 8. The second-order valence-corrected chi connectivity index (χ2v) is 16.5. The number of nitrogens with zero attached hydrogens (tertiary/aromatic N) is 1. The van der Waals surface area contributed by atoms with Crippen molar-refractivity contribution in [2.75, 3.05) is 13.6 Å². The Morgan fingerprint density at radius 1 is 0.672 bits per heavy atom. The number of fused-ring (bicyclic) bond motifs is 1. The highest BCUT2D eigenvalue weighted by atomic mass is 16.4. The molecular weight excluding hydrogens is 863 g/mol. The normalized spacial score (nSPS) is 13.7. The predicted molar refractivity (Wildman–Crippen MR) is 250 cm³/mol. The van der Waals surface area contributed by atoms with Crippen LogP contribution in [0.2, 0.25) is 0 Å². The van der Waals surface area contributed by atoms with Crippen molar-refractivity contribution < 1.29 is 48.6 Å². The number of para-hydroxylation sites is 1. The lowest BCUT2D eigenvalue weighted by Gasteiger charge is -2.32. The van der Waals surface area contributed by atoms with Crippen molar-refractivity contribution in [3.05, 3.63) is 102 Å². The van der Waals surface area contributed by atoms with E-state index >= 15 is 0 Å². The number of phenolic OH excluding ortho intramolecular Hbond substituents is 1. The Hall–Kier alpha value is -7.28. The van der Waals surface area contributed by atoms with Crippen LogP contribution in [-0.4, -0.2) is 117 Å². The summed E-state index contributed by atoms with van der Waals surface area (Å²) in [5, 5.41) is 33.0. The molecule has 0 fully saturated rings. The van der Waals surface area contributed by atoms with Crippen LogP contribution in [-0.2, 0) is 57.6 Å². The fourth-order valence-corrected chi connectivity index (χ4v) is 7.49. The molecule has 1 aromatic heterocycles. The number of amides is 7. The smallest absolute Gasteiger partial charge is 0.305 e. The monoisotopic (exact) mass is 925 g/mol. The topological polar surface area (TPSA) is 308 Å². The summed E-state index contributed by atoms with van der Waals surface area (Å²) < 4.78 is 0. The van der Waals surface area contributed by atoms with E-state index in [1.807, 2.05) is 38.1 Å². The van der Waals surface area contributed by atoms with Crippen molar-refractivity contribution in [3.8, 4) is 5.75 Å². The minimum atomic E-state index is -1.67. The van der Waals surface area contributed by atoms with E-state index in [-0.39, 0.29) is 37.9 Å². The maximum atomic E-state index is 14.6. The van der Waals surface area contributed by atoms with E-state index in [0.717, 1.165) is 15.8 Å². The number of hydrogen-bond acceptors (Lipinski definition) is 10. The van der Waals surface area contributed by atoms with E-state index in [9.17, 15) is 48.6 Å². The Bertz CT molecular complexity index is 2320. The van der Waals surface area contributed by atoms with Gasteiger partial charge in [0.05, 0.1) is 19.0 Å². The van der Waals surface area contributed by atoms with Gasteiger partial charge in [-0.25, -0.2) is 0 Å². The van der Waals surface area contributed by atoms with Gasteiger partial charge in [-0.2, -0.15) is 0 Å². The zero-order chi connectivity index (χ0) is 49.0. The molecule has 0 saturated carbocycles. The van der Waals surface area contributed by atoms with Crippen LogP contribution >= 0.6 is 0 Å². The summed E-state index contributed by atoms with van der Waals surface area (Å²) in [6, 6.07) is 14.7. The number of H-pyrrole nitrogens is 1. The number of nitrogens with two attached hydrogens (primary N) is 2. The van der Waals surface area contributed by atoms with Crippen LogP contribution in [0.25, 0.3) is 10.9 Å². The Balaban J connectivity index is 1.52. The minimum absolute atomic E-state index is 0.00691. The number of benzene rings is 3. The lowest BCUT2D eigenvalue weighted by molar-refractivity contribution is -0.144. The molecule has 19 nitrogen and oxygen atoms in total. The molecule has 0 saturated heterocycles. The molecular formula is C48H63N9O10. The second kappa shape index (κ2) is 26.0. The summed E-state index contributed by atoms with van der Waals surface area (Å²) >= 11 is 0. The fraction of sp³-hybridized carbons (Fsp3) is 0.417. The van der Waals surface area contributed by atoms with E-state index in [2.05, 4.69) is 31.6 Å². The first kappa shape index (κ1) is 52.3. The first-order valence-corrected chi connectivity index (χ1v) is 22.4. The van der Waals surface area contributed by atoms with Crippen molar-refractivity contribution in [3.63, 3.8) is 0 Å². The molecule has 0 spiro atoms. The lowest BCUT2D eigenvalue weighted by Crippen LogP contribution is -2.59. The van der Waals surface area contributed by atoms with E-state index < -0.39 is 96.5 Å². The predicted octanol–water partition coefficient (Wildman–Crippen LogP) is 1.45. The van der Waals surface area contributed by atoms with Gasteiger partial charge in [0, 0.05) is 37.0 Å². The van der Waals surface area contributed by atoms with Gasteiger partial charge in [0.1, 0.15) is 36.0 Å². The third-order valence-electron chi connectivity index (χ3n) is 11.3. The largest absolute Gasteiger partial charge is 0.508 e. The summed E-state index contributed by atoms with van der Waals surface area (Å²) in [4.78, 5) is 111. The second-order valence-electron chi connectivity index (χ2n) is 16.5. The van der Waals surface area contributed by atoms with Gasteiger partial charge >= 0.3 is 5.97 Å². The number of unbranched alkanes of at least 4 members (excludes halogenated alkanes) is 2. The van der Waals surface area contributed by atoms with Gasteiger partial charge in [-0.3, -0.25) is 38.4 Å². The number of likely N-dealkylation sites (N-methyl/N-ethyl adjacent to an activating group) is 1. The maximum Gasteiger partial charge on any atom is 0.305 e. The zero-order valence-corrected chi connectivity index (χ0v) is 38.1. The molecule has 6 atom stereocenters. The van der Waals surface area contributed by atoms with Crippen molar-refractivity contribution in [1.29, 1.82) is 0 Å². The number of primary amides is 1. The van der Waals surface area contributed by atoms with E-state index in [1.54, 1.807) is 48.7 Å². The van der Waals surface area contributed by atoms with Gasteiger partial charge in [-0.05, 0) is 54.2 Å². The molecule has 3 aromatic carbocycles. The Morgan fingerprint density at radius 2 is 1.28 bits per heavy atom. The van der Waals surface area contributed by atoms with Crippen molar-refractivity contribution in [1.82, 2.24) is 36.5 Å². The Labute approximate surface area is 389 Å². The molecule has 360 valence electrons. The van der Waals surface area contributed by atoms with E-state index in [1.165, 1.54) is 19.2 Å². The fourth-order valence-electron chi connectivity index (χ4n) is 7.49. The average molecular weight is 926 g/mol. The number of aromatic amines is 1. The average Bonchev–Trinajstić information content (AvgIpc) is 3.71. The molecule has 1 heterocycles. The third-order valence-corrected chi connectivity index (χ3v) is 11.3. The van der Waals surface area contributed by atoms with E-state index in [0.29, 0.717) is 42.4 Å². The lowest BCUT2D eigenvalue weighted by atomic mass is 10.0. The zero-order valence-electron chi connectivity index (χ0n) is 38.1. The number of carboxylic acids is 1. The standard InChI is InChI=1S/C48H63N9O10/c1-4-6-16-36(54-44(63)34(49)23-30-19-21-32(58)22-20-30)45(64)52-28-41(59)53-39(25-31-27-51-35-17-12-11-15-33(31)35)48(67)57(3)40(18-7-5-2)47(66)56-38(26-42(60)61)46(65)55-37(43(50)62)24-29-13-9-8-10-14-29/h8-15,17,19-22,27,34,36-40,51,58H,4-7,16,18,23-26,28,49H2,1-3H3,(H2,50,62)(H,52,64)(H,53,59)(H,54,63)(H,55,65)(H,56,66)(H,60,61)/t34-,36+,37-,38-,39-,40-/m0/s1. The SMILES string of the molecule is CCCC[C@@H](NC(=O)[C@@H](N)Cc1ccc(O)cc1)C(=O)NCC(=O)N[C@@H](Cc1c[nH]c2ccccc12)C(=O)N(C)[C@@H](CCCC)C(=O)N[C@@H](CC(=O)O)C(=O)N[C@@H](Cc1ccccc1)C(N)=O. The Morgan fingerprint density at radius 3 is 1.94 bits per heavy atom. The summed E-state index contributed by atoms with van der Waals surface area (Å²) in [5.74, 6) is -6.75. The molecule has 0 radical (unpaired) electrons. The first-order chi connectivity index (χ1) is 32.0. The molecule has 0 aliphatic carbocycles. The number of nitrogens with one attached hydrogen (secondary N) is 6. The van der Waals surface area contributed by atoms with Gasteiger partial charge in [0.25, 0.3) is 0 Å². The van der Waals surface area contributed by atoms with Crippen molar-refractivity contribution in [2.45, 2.75) is 114 Å².